The second-order valence-electron chi connectivity index (χ2n) is 4.05. The van der Waals surface area contributed by atoms with Crippen LogP contribution < -0.4 is 5.32 Å². The summed E-state index contributed by atoms with van der Waals surface area (Å²) in [6.07, 6.45) is 1.65. The molecule has 20 heavy (non-hydrogen) atoms. The molecule has 1 aromatic heterocycles. The molecule has 0 saturated heterocycles. The zero-order valence-electron chi connectivity index (χ0n) is 10.7. The predicted octanol–water partition coefficient (Wildman–Crippen LogP) is 2.18. The van der Waals surface area contributed by atoms with E-state index < -0.39 is 4.92 Å². The second kappa shape index (κ2) is 5.75. The van der Waals surface area contributed by atoms with Gasteiger partial charge >= 0.3 is 0 Å². The number of hydrogen-bond donors (Lipinski definition) is 1. The first-order valence-corrected chi connectivity index (χ1v) is 5.81. The topological polar surface area (TPSA) is 105 Å². The van der Waals surface area contributed by atoms with Crippen molar-refractivity contribution in [2.75, 3.05) is 5.32 Å². The minimum atomic E-state index is -0.529. The van der Waals surface area contributed by atoms with E-state index in [1.54, 1.807) is 19.2 Å². The zero-order valence-corrected chi connectivity index (χ0v) is 10.7. The van der Waals surface area contributed by atoms with Gasteiger partial charge in [-0.05, 0) is 19.1 Å². The summed E-state index contributed by atoms with van der Waals surface area (Å²) in [7, 11) is 0. The van der Waals surface area contributed by atoms with Crippen molar-refractivity contribution in [3.05, 3.63) is 57.7 Å². The molecule has 0 spiro atoms. The van der Waals surface area contributed by atoms with Gasteiger partial charge in [0.05, 0.1) is 28.4 Å². The molecule has 2 rings (SSSR count). The summed E-state index contributed by atoms with van der Waals surface area (Å²) in [5.41, 5.74) is 1.43. The monoisotopic (exact) mass is 269 g/mol. The number of aromatic nitrogens is 2. The number of rotatable bonds is 4. The fourth-order valence-electron chi connectivity index (χ4n) is 1.68. The van der Waals surface area contributed by atoms with Crippen LogP contribution in [-0.2, 0) is 6.54 Å². The number of non-ortho nitro benzene ring substituents is 1. The quantitative estimate of drug-likeness (QED) is 0.673. The van der Waals surface area contributed by atoms with Crippen molar-refractivity contribution in [2.24, 2.45) is 0 Å². The van der Waals surface area contributed by atoms with Crippen LogP contribution in [0.15, 0.2) is 30.5 Å². The van der Waals surface area contributed by atoms with Crippen LogP contribution in [0, 0.1) is 28.4 Å². The Kier molecular flexibility index (Phi) is 3.86. The molecule has 0 atom stereocenters. The first-order valence-electron chi connectivity index (χ1n) is 5.81. The standard InChI is InChI=1S/C13H11N5O2/c1-9-15-5-4-11(17-9)8-16-13-3-2-12(18(19)20)6-10(13)7-14/h2-6,16H,8H2,1H3. The molecule has 7 heteroatoms. The summed E-state index contributed by atoms with van der Waals surface area (Å²) in [5.74, 6) is 0.661. The molecule has 0 saturated carbocycles. The van der Waals surface area contributed by atoms with Crippen LogP contribution in [0.4, 0.5) is 11.4 Å². The van der Waals surface area contributed by atoms with Crippen molar-refractivity contribution in [1.29, 1.82) is 5.26 Å². The molecule has 0 aliphatic carbocycles. The lowest BCUT2D eigenvalue weighted by Crippen LogP contribution is -2.04. The molecule has 1 N–H and O–H groups in total. The third-order valence-corrected chi connectivity index (χ3v) is 2.63. The SMILES string of the molecule is Cc1nccc(CNc2ccc([N+](=O)[O-])cc2C#N)n1. The molecule has 7 nitrogen and oxygen atoms in total. The maximum absolute atomic E-state index is 10.7. The molecule has 0 fully saturated rings. The Morgan fingerprint density at radius 1 is 1.45 bits per heavy atom. The molecule has 1 heterocycles. The van der Waals surface area contributed by atoms with Crippen LogP contribution >= 0.6 is 0 Å². The van der Waals surface area contributed by atoms with Crippen molar-refractivity contribution in [2.45, 2.75) is 13.5 Å². The van der Waals surface area contributed by atoms with E-state index in [1.165, 1.54) is 18.2 Å². The summed E-state index contributed by atoms with van der Waals surface area (Å²) in [4.78, 5) is 18.3. The minimum absolute atomic E-state index is 0.106. The number of hydrogen-bond acceptors (Lipinski definition) is 6. The average Bonchev–Trinajstić information content (AvgIpc) is 2.45. The van der Waals surface area contributed by atoms with Crippen LogP contribution in [0.3, 0.4) is 0 Å². The van der Waals surface area contributed by atoms with E-state index in [4.69, 9.17) is 5.26 Å². The van der Waals surface area contributed by atoms with Gasteiger partial charge in [-0.2, -0.15) is 5.26 Å². The summed E-state index contributed by atoms with van der Waals surface area (Å²) in [6.45, 7) is 2.20. The molecule has 0 aliphatic rings. The molecule has 0 aliphatic heterocycles. The van der Waals surface area contributed by atoms with Gasteiger partial charge in [0.15, 0.2) is 0 Å². The number of anilines is 1. The lowest BCUT2D eigenvalue weighted by molar-refractivity contribution is -0.384. The molecule has 0 amide bonds. The van der Waals surface area contributed by atoms with Gasteiger partial charge in [0.2, 0.25) is 0 Å². The van der Waals surface area contributed by atoms with E-state index >= 15 is 0 Å². The van der Waals surface area contributed by atoms with Gasteiger partial charge in [0, 0.05) is 18.3 Å². The van der Waals surface area contributed by atoms with Gasteiger partial charge < -0.3 is 5.32 Å². The largest absolute Gasteiger partial charge is 0.378 e. The van der Waals surface area contributed by atoms with Crippen LogP contribution in [0.1, 0.15) is 17.1 Å². The van der Waals surface area contributed by atoms with Crippen molar-refractivity contribution in [3.63, 3.8) is 0 Å². The van der Waals surface area contributed by atoms with Crippen molar-refractivity contribution >= 4 is 11.4 Å². The third-order valence-electron chi connectivity index (χ3n) is 2.63. The van der Waals surface area contributed by atoms with E-state index in [2.05, 4.69) is 15.3 Å². The molecule has 0 radical (unpaired) electrons. The predicted molar refractivity (Wildman–Crippen MR) is 71.9 cm³/mol. The molecule has 0 bridgehead atoms. The van der Waals surface area contributed by atoms with E-state index in [0.717, 1.165) is 5.69 Å². The highest BCUT2D eigenvalue weighted by atomic mass is 16.6. The Labute approximate surface area is 115 Å². The van der Waals surface area contributed by atoms with E-state index in [1.807, 2.05) is 6.07 Å². The van der Waals surface area contributed by atoms with Gasteiger partial charge in [-0.3, -0.25) is 10.1 Å². The molecule has 1 aromatic carbocycles. The number of nitriles is 1. The lowest BCUT2D eigenvalue weighted by Gasteiger charge is -2.07. The van der Waals surface area contributed by atoms with Gasteiger partial charge in [0.25, 0.3) is 5.69 Å². The summed E-state index contributed by atoms with van der Waals surface area (Å²) in [5, 5.41) is 22.7. The Hall–Kier alpha value is -3.01. The van der Waals surface area contributed by atoms with E-state index in [-0.39, 0.29) is 11.3 Å². The van der Waals surface area contributed by atoms with Gasteiger partial charge in [-0.1, -0.05) is 0 Å². The lowest BCUT2D eigenvalue weighted by atomic mass is 10.1. The smallest absolute Gasteiger partial charge is 0.270 e. The molecule has 100 valence electrons. The number of benzene rings is 1. The van der Waals surface area contributed by atoms with Crippen molar-refractivity contribution in [1.82, 2.24) is 9.97 Å². The summed E-state index contributed by atoms with van der Waals surface area (Å²) >= 11 is 0. The Morgan fingerprint density at radius 3 is 2.90 bits per heavy atom. The van der Waals surface area contributed by atoms with E-state index in [0.29, 0.717) is 18.1 Å². The van der Waals surface area contributed by atoms with Crippen LogP contribution in [0.5, 0.6) is 0 Å². The first-order chi connectivity index (χ1) is 9.60. The molecule has 0 unspecified atom stereocenters. The Bertz CT molecular complexity index is 693. The molecular formula is C13H11N5O2. The minimum Gasteiger partial charge on any atom is -0.378 e. The zero-order chi connectivity index (χ0) is 14.5. The van der Waals surface area contributed by atoms with Gasteiger partial charge in [0.1, 0.15) is 11.9 Å². The van der Waals surface area contributed by atoms with Crippen LogP contribution in [-0.4, -0.2) is 14.9 Å². The maximum Gasteiger partial charge on any atom is 0.270 e. The third kappa shape index (κ3) is 3.05. The number of nitrogens with one attached hydrogen (secondary N) is 1. The summed E-state index contributed by atoms with van der Waals surface area (Å²) < 4.78 is 0. The van der Waals surface area contributed by atoms with Gasteiger partial charge in [-0.15, -0.1) is 0 Å². The first kappa shape index (κ1) is 13.4. The number of aryl methyl sites for hydroxylation is 1. The van der Waals surface area contributed by atoms with Gasteiger partial charge in [-0.25, -0.2) is 9.97 Å². The highest BCUT2D eigenvalue weighted by molar-refractivity contribution is 5.61. The van der Waals surface area contributed by atoms with Crippen LogP contribution in [0.25, 0.3) is 0 Å². The normalized spacial score (nSPS) is 9.80. The molecule has 2 aromatic rings. The number of nitro groups is 1. The Morgan fingerprint density at radius 2 is 2.25 bits per heavy atom. The maximum atomic E-state index is 10.7. The number of nitrogens with zero attached hydrogens (tertiary/aromatic N) is 4. The Balaban J connectivity index is 2.18. The van der Waals surface area contributed by atoms with Crippen molar-refractivity contribution < 1.29 is 4.92 Å². The van der Waals surface area contributed by atoms with E-state index in [9.17, 15) is 10.1 Å². The fraction of sp³-hybridized carbons (Fsp3) is 0.154. The molecular weight excluding hydrogens is 258 g/mol. The average molecular weight is 269 g/mol. The van der Waals surface area contributed by atoms with Crippen LogP contribution in [0.2, 0.25) is 0 Å². The highest BCUT2D eigenvalue weighted by Crippen LogP contribution is 2.21. The van der Waals surface area contributed by atoms with Crippen molar-refractivity contribution in [3.8, 4) is 6.07 Å². The summed E-state index contributed by atoms with van der Waals surface area (Å²) in [6, 6.07) is 7.82. The number of nitro benzene ring substituents is 1. The highest BCUT2D eigenvalue weighted by Gasteiger charge is 2.10. The second-order valence-corrected chi connectivity index (χ2v) is 4.05. The fourth-order valence-corrected chi connectivity index (χ4v) is 1.68.